The standard InChI is InChI=1S/C17H17N3O3/c1-23-17(22)11-2-4-12(5-3-11)19-14-8-9-18-15(10-14)16(21)20-13-6-7-13/h2-5,8-10,13H,6-7H2,1H3,(H,18,19)(H,20,21). The summed E-state index contributed by atoms with van der Waals surface area (Å²) < 4.78 is 4.66. The van der Waals surface area contributed by atoms with Crippen LogP contribution in [0.15, 0.2) is 42.6 Å². The maximum Gasteiger partial charge on any atom is 0.337 e. The first kappa shape index (κ1) is 15.0. The van der Waals surface area contributed by atoms with Crippen LogP contribution in [-0.2, 0) is 4.74 Å². The molecule has 0 aliphatic heterocycles. The molecule has 0 atom stereocenters. The molecule has 1 heterocycles. The van der Waals surface area contributed by atoms with E-state index in [1.165, 1.54) is 7.11 Å². The number of methoxy groups -OCH3 is 1. The van der Waals surface area contributed by atoms with Gasteiger partial charge in [-0.2, -0.15) is 0 Å². The van der Waals surface area contributed by atoms with Gasteiger partial charge in [-0.05, 0) is 49.2 Å². The van der Waals surface area contributed by atoms with E-state index in [2.05, 4.69) is 20.4 Å². The molecule has 1 aliphatic carbocycles. The summed E-state index contributed by atoms with van der Waals surface area (Å²) in [5.74, 6) is -0.531. The second-order valence-electron chi connectivity index (χ2n) is 5.37. The van der Waals surface area contributed by atoms with Crippen LogP contribution in [0.2, 0.25) is 0 Å². The molecule has 0 unspecified atom stereocenters. The van der Waals surface area contributed by atoms with E-state index in [-0.39, 0.29) is 11.9 Å². The highest BCUT2D eigenvalue weighted by Crippen LogP contribution is 2.20. The lowest BCUT2D eigenvalue weighted by atomic mass is 10.2. The minimum absolute atomic E-state index is 0.155. The van der Waals surface area contributed by atoms with E-state index < -0.39 is 0 Å². The van der Waals surface area contributed by atoms with Crippen molar-refractivity contribution in [3.05, 3.63) is 53.9 Å². The van der Waals surface area contributed by atoms with Gasteiger partial charge in [0.1, 0.15) is 5.69 Å². The number of ether oxygens (including phenoxy) is 1. The molecule has 1 aromatic heterocycles. The fourth-order valence-electron chi connectivity index (χ4n) is 2.09. The molecule has 23 heavy (non-hydrogen) atoms. The number of esters is 1. The lowest BCUT2D eigenvalue weighted by Gasteiger charge is -2.09. The monoisotopic (exact) mass is 311 g/mol. The second-order valence-corrected chi connectivity index (χ2v) is 5.37. The quantitative estimate of drug-likeness (QED) is 0.829. The number of pyridine rings is 1. The van der Waals surface area contributed by atoms with Crippen LogP contribution in [-0.4, -0.2) is 30.0 Å². The van der Waals surface area contributed by atoms with Gasteiger partial charge in [-0.3, -0.25) is 9.78 Å². The first-order chi connectivity index (χ1) is 11.2. The summed E-state index contributed by atoms with van der Waals surface area (Å²) in [7, 11) is 1.35. The number of benzene rings is 1. The van der Waals surface area contributed by atoms with Crippen LogP contribution in [0.1, 0.15) is 33.7 Å². The minimum atomic E-state index is -0.375. The molecule has 6 nitrogen and oxygen atoms in total. The molecule has 1 amide bonds. The maximum atomic E-state index is 12.0. The fraction of sp³-hybridized carbons (Fsp3) is 0.235. The van der Waals surface area contributed by atoms with Crippen molar-refractivity contribution in [1.82, 2.24) is 10.3 Å². The molecule has 6 heteroatoms. The fourth-order valence-corrected chi connectivity index (χ4v) is 2.09. The molecule has 118 valence electrons. The number of hydrogen-bond donors (Lipinski definition) is 2. The topological polar surface area (TPSA) is 80.3 Å². The summed E-state index contributed by atoms with van der Waals surface area (Å²) in [4.78, 5) is 27.5. The third-order valence-corrected chi connectivity index (χ3v) is 3.50. The highest BCUT2D eigenvalue weighted by molar-refractivity contribution is 5.93. The van der Waals surface area contributed by atoms with Crippen LogP contribution < -0.4 is 10.6 Å². The Kier molecular flexibility index (Phi) is 4.23. The number of anilines is 2. The Morgan fingerprint density at radius 2 is 1.87 bits per heavy atom. The Hall–Kier alpha value is -2.89. The zero-order chi connectivity index (χ0) is 16.2. The van der Waals surface area contributed by atoms with Crippen molar-refractivity contribution >= 4 is 23.3 Å². The molecule has 2 N–H and O–H groups in total. The van der Waals surface area contributed by atoms with Gasteiger partial charge < -0.3 is 15.4 Å². The van der Waals surface area contributed by atoms with Gasteiger partial charge in [0, 0.05) is 23.6 Å². The number of aromatic nitrogens is 1. The summed E-state index contributed by atoms with van der Waals surface area (Å²) in [6, 6.07) is 10.7. The third kappa shape index (κ3) is 3.85. The minimum Gasteiger partial charge on any atom is -0.465 e. The zero-order valence-corrected chi connectivity index (χ0v) is 12.7. The molecule has 1 aromatic carbocycles. The third-order valence-electron chi connectivity index (χ3n) is 3.50. The first-order valence-corrected chi connectivity index (χ1v) is 7.38. The summed E-state index contributed by atoms with van der Waals surface area (Å²) in [5.41, 5.74) is 2.43. The lowest BCUT2D eigenvalue weighted by molar-refractivity contribution is 0.0600. The Morgan fingerprint density at radius 3 is 2.52 bits per heavy atom. The van der Waals surface area contributed by atoms with E-state index in [4.69, 9.17) is 0 Å². The normalized spacial score (nSPS) is 13.3. The molecule has 0 bridgehead atoms. The molecule has 1 aliphatic rings. The average molecular weight is 311 g/mol. The van der Waals surface area contributed by atoms with Gasteiger partial charge in [-0.15, -0.1) is 0 Å². The van der Waals surface area contributed by atoms with Gasteiger partial charge in [-0.25, -0.2) is 4.79 Å². The van der Waals surface area contributed by atoms with Crippen LogP contribution in [0.5, 0.6) is 0 Å². The van der Waals surface area contributed by atoms with E-state index in [9.17, 15) is 9.59 Å². The van der Waals surface area contributed by atoms with Gasteiger partial charge in [0.05, 0.1) is 12.7 Å². The van der Waals surface area contributed by atoms with Crippen molar-refractivity contribution in [2.75, 3.05) is 12.4 Å². The Bertz CT molecular complexity index is 724. The van der Waals surface area contributed by atoms with E-state index in [1.54, 1.807) is 42.6 Å². The molecule has 0 spiro atoms. The predicted molar refractivity (Wildman–Crippen MR) is 85.8 cm³/mol. The molecule has 3 rings (SSSR count). The van der Waals surface area contributed by atoms with E-state index in [0.29, 0.717) is 17.3 Å². The van der Waals surface area contributed by atoms with Crippen molar-refractivity contribution < 1.29 is 14.3 Å². The Morgan fingerprint density at radius 1 is 1.13 bits per heavy atom. The molecular weight excluding hydrogens is 294 g/mol. The Balaban J connectivity index is 1.69. The number of rotatable bonds is 5. The zero-order valence-electron chi connectivity index (χ0n) is 12.7. The molecule has 2 aromatic rings. The summed E-state index contributed by atoms with van der Waals surface area (Å²) in [5, 5.41) is 6.09. The lowest BCUT2D eigenvalue weighted by Crippen LogP contribution is -2.26. The smallest absolute Gasteiger partial charge is 0.337 e. The van der Waals surface area contributed by atoms with Crippen molar-refractivity contribution in [1.29, 1.82) is 0 Å². The highest BCUT2D eigenvalue weighted by Gasteiger charge is 2.24. The van der Waals surface area contributed by atoms with Gasteiger partial charge in [-0.1, -0.05) is 0 Å². The number of carbonyl (C=O) groups is 2. The van der Waals surface area contributed by atoms with Crippen LogP contribution in [0.4, 0.5) is 11.4 Å². The van der Waals surface area contributed by atoms with Crippen molar-refractivity contribution in [2.24, 2.45) is 0 Å². The van der Waals surface area contributed by atoms with Crippen LogP contribution in [0.3, 0.4) is 0 Å². The van der Waals surface area contributed by atoms with Crippen LogP contribution in [0, 0.1) is 0 Å². The molecule has 0 radical (unpaired) electrons. The van der Waals surface area contributed by atoms with Crippen LogP contribution in [0.25, 0.3) is 0 Å². The number of amides is 1. The average Bonchev–Trinajstić information content (AvgIpc) is 3.39. The van der Waals surface area contributed by atoms with E-state index >= 15 is 0 Å². The summed E-state index contributed by atoms with van der Waals surface area (Å²) >= 11 is 0. The second kappa shape index (κ2) is 6.48. The van der Waals surface area contributed by atoms with Crippen molar-refractivity contribution in [3.8, 4) is 0 Å². The maximum absolute atomic E-state index is 12.0. The first-order valence-electron chi connectivity index (χ1n) is 7.38. The summed E-state index contributed by atoms with van der Waals surface area (Å²) in [6.07, 6.45) is 3.67. The van der Waals surface area contributed by atoms with Crippen molar-refractivity contribution in [2.45, 2.75) is 18.9 Å². The van der Waals surface area contributed by atoms with Crippen molar-refractivity contribution in [3.63, 3.8) is 0 Å². The largest absolute Gasteiger partial charge is 0.465 e. The van der Waals surface area contributed by atoms with E-state index in [1.807, 2.05) is 0 Å². The van der Waals surface area contributed by atoms with Crippen LogP contribution >= 0.6 is 0 Å². The Labute approximate surface area is 133 Å². The highest BCUT2D eigenvalue weighted by atomic mass is 16.5. The van der Waals surface area contributed by atoms with Gasteiger partial charge >= 0.3 is 5.97 Å². The van der Waals surface area contributed by atoms with Gasteiger partial charge in [0.2, 0.25) is 0 Å². The molecule has 1 saturated carbocycles. The number of nitrogens with one attached hydrogen (secondary N) is 2. The molecule has 0 saturated heterocycles. The number of carbonyl (C=O) groups excluding carboxylic acids is 2. The molecule has 1 fully saturated rings. The van der Waals surface area contributed by atoms with Gasteiger partial charge in [0.15, 0.2) is 0 Å². The summed E-state index contributed by atoms with van der Waals surface area (Å²) in [6.45, 7) is 0. The number of nitrogens with zero attached hydrogens (tertiary/aromatic N) is 1. The van der Waals surface area contributed by atoms with Gasteiger partial charge in [0.25, 0.3) is 5.91 Å². The SMILES string of the molecule is COC(=O)c1ccc(Nc2ccnc(C(=O)NC3CC3)c2)cc1. The predicted octanol–water partition coefficient (Wildman–Crippen LogP) is 2.50. The number of hydrogen-bond acceptors (Lipinski definition) is 5. The van der Waals surface area contributed by atoms with E-state index in [0.717, 1.165) is 24.2 Å². The molecular formula is C17H17N3O3.